The van der Waals surface area contributed by atoms with E-state index >= 15 is 0 Å². The van der Waals surface area contributed by atoms with Gasteiger partial charge in [-0.25, -0.2) is 0 Å². The first-order valence-corrected chi connectivity index (χ1v) is 10.9. The Kier molecular flexibility index (Phi) is 11.3. The van der Waals surface area contributed by atoms with Gasteiger partial charge in [-0.15, -0.1) is 5.73 Å². The van der Waals surface area contributed by atoms with Crippen LogP contribution in [0.5, 0.6) is 0 Å². The highest BCUT2D eigenvalue weighted by molar-refractivity contribution is 8.03. The fraction of sp³-hybridized carbons (Fsp3) is 0.292. The predicted octanol–water partition coefficient (Wildman–Crippen LogP) is 7.82. The van der Waals surface area contributed by atoms with Gasteiger partial charge in [0, 0.05) is 22.3 Å². The molecule has 156 valence electrons. The molecule has 0 bridgehead atoms. The normalized spacial score (nSPS) is 12.4. The third-order valence-electron chi connectivity index (χ3n) is 3.91. The zero-order valence-corrected chi connectivity index (χ0v) is 19.8. The third kappa shape index (κ3) is 8.34. The molecule has 5 heteroatoms. The quantitative estimate of drug-likeness (QED) is 0.223. The van der Waals surface area contributed by atoms with Crippen LogP contribution in [0, 0.1) is 0 Å². The van der Waals surface area contributed by atoms with Crippen molar-refractivity contribution in [2.75, 3.05) is 0 Å². The standard InChI is InChI=1S/C24H29Cl2NOS/c1-7-9-20(10-8-2)15-27-21(16-28)14-23(17(3)4)24(27)29-22(13-19(6)26)12-11-18(5)25/h7-11,13-14,17,28H,1,5,15-16H2,2-4,6H3/b10-8-,19-13+,20-9+. The lowest BCUT2D eigenvalue weighted by molar-refractivity contribution is 0.270. The highest BCUT2D eigenvalue weighted by Gasteiger charge is 2.19. The van der Waals surface area contributed by atoms with Crippen molar-refractivity contribution in [2.45, 2.75) is 51.8 Å². The molecule has 0 saturated carbocycles. The van der Waals surface area contributed by atoms with Crippen molar-refractivity contribution in [1.82, 2.24) is 4.57 Å². The van der Waals surface area contributed by atoms with Gasteiger partial charge in [0.05, 0.1) is 16.5 Å². The maximum atomic E-state index is 9.99. The fourth-order valence-corrected chi connectivity index (χ4v) is 4.18. The van der Waals surface area contributed by atoms with Gasteiger partial charge < -0.3 is 9.67 Å². The molecule has 0 radical (unpaired) electrons. The van der Waals surface area contributed by atoms with Gasteiger partial charge >= 0.3 is 0 Å². The van der Waals surface area contributed by atoms with Crippen molar-refractivity contribution in [3.63, 3.8) is 0 Å². The Balaban J connectivity index is 3.64. The maximum Gasteiger partial charge on any atom is 0.0843 e. The number of aliphatic hydroxyl groups is 1. The van der Waals surface area contributed by atoms with Crippen LogP contribution in [0.1, 0.15) is 44.9 Å². The van der Waals surface area contributed by atoms with E-state index in [0.717, 1.165) is 26.8 Å². The second-order valence-corrected chi connectivity index (χ2v) is 8.82. The smallest absolute Gasteiger partial charge is 0.0843 e. The molecule has 0 aromatic carbocycles. The van der Waals surface area contributed by atoms with Crippen LogP contribution in [0.15, 0.2) is 87.0 Å². The van der Waals surface area contributed by atoms with Crippen LogP contribution in [0.25, 0.3) is 0 Å². The number of aromatic nitrogens is 1. The van der Waals surface area contributed by atoms with E-state index in [-0.39, 0.29) is 12.5 Å². The van der Waals surface area contributed by atoms with Gasteiger partial charge in [0.2, 0.25) is 0 Å². The van der Waals surface area contributed by atoms with E-state index in [1.54, 1.807) is 23.9 Å². The first-order chi connectivity index (χ1) is 13.7. The summed E-state index contributed by atoms with van der Waals surface area (Å²) < 4.78 is 2.13. The third-order valence-corrected chi connectivity index (χ3v) is 5.23. The summed E-state index contributed by atoms with van der Waals surface area (Å²) in [6.45, 7) is 16.1. The van der Waals surface area contributed by atoms with E-state index in [2.05, 4.69) is 43.4 Å². The first-order valence-electron chi connectivity index (χ1n) is 9.33. The molecule has 1 rings (SSSR count). The molecule has 0 spiro atoms. The summed E-state index contributed by atoms with van der Waals surface area (Å²) >= 11 is 13.6. The average molecular weight is 450 g/mol. The number of halogens is 2. The second-order valence-electron chi connectivity index (χ2n) is 6.71. The topological polar surface area (TPSA) is 25.2 Å². The van der Waals surface area contributed by atoms with Crippen molar-refractivity contribution in [3.8, 4) is 0 Å². The lowest BCUT2D eigenvalue weighted by Crippen LogP contribution is -2.06. The Hall–Kier alpha value is -1.61. The van der Waals surface area contributed by atoms with Crippen LogP contribution in [0.3, 0.4) is 0 Å². The minimum Gasteiger partial charge on any atom is -0.390 e. The summed E-state index contributed by atoms with van der Waals surface area (Å²) in [5.41, 5.74) is 6.26. The number of allylic oxidation sites excluding steroid dienone is 8. The number of thioether (sulfide) groups is 1. The number of hydrogen-bond acceptors (Lipinski definition) is 2. The van der Waals surface area contributed by atoms with Crippen LogP contribution in [-0.2, 0) is 13.2 Å². The SMILES string of the molecule is C=C/C=C(\C=C/C)Cn1c(CO)cc(C(C)C)c1SC(=C=CC(=C)Cl)/C=C(\C)Cl. The van der Waals surface area contributed by atoms with Gasteiger partial charge in [0.15, 0.2) is 0 Å². The summed E-state index contributed by atoms with van der Waals surface area (Å²) in [4.78, 5) is 0.810. The molecule has 0 aliphatic heterocycles. The highest BCUT2D eigenvalue weighted by Crippen LogP contribution is 2.37. The largest absolute Gasteiger partial charge is 0.390 e. The fourth-order valence-electron chi connectivity index (χ4n) is 2.68. The number of rotatable bonds is 10. The molecule has 0 amide bonds. The summed E-state index contributed by atoms with van der Waals surface area (Å²) in [5, 5.41) is 12.1. The summed E-state index contributed by atoms with van der Waals surface area (Å²) in [6, 6.07) is 2.06. The molecule has 2 nitrogen and oxygen atoms in total. The van der Waals surface area contributed by atoms with Gasteiger partial charge in [-0.1, -0.05) is 86.3 Å². The molecule has 0 saturated heterocycles. The molecular formula is C24H29Cl2NOS. The van der Waals surface area contributed by atoms with E-state index in [4.69, 9.17) is 23.2 Å². The van der Waals surface area contributed by atoms with Gasteiger partial charge in [-0.2, -0.15) is 0 Å². The second kappa shape index (κ2) is 12.8. The molecule has 1 aromatic heterocycles. The van der Waals surface area contributed by atoms with Crippen molar-refractivity contribution >= 4 is 35.0 Å². The van der Waals surface area contributed by atoms with Crippen LogP contribution in [-0.4, -0.2) is 9.67 Å². The molecule has 0 atom stereocenters. The van der Waals surface area contributed by atoms with Crippen LogP contribution in [0.4, 0.5) is 0 Å². The van der Waals surface area contributed by atoms with Gasteiger partial charge in [0.1, 0.15) is 0 Å². The lowest BCUT2D eigenvalue weighted by Gasteiger charge is -2.15. The van der Waals surface area contributed by atoms with Crippen LogP contribution in [0.2, 0.25) is 0 Å². The van der Waals surface area contributed by atoms with E-state index in [0.29, 0.717) is 16.6 Å². The summed E-state index contributed by atoms with van der Waals surface area (Å²) in [7, 11) is 0. The molecule has 1 N–H and O–H groups in total. The molecule has 29 heavy (non-hydrogen) atoms. The average Bonchev–Trinajstić information content (AvgIpc) is 2.97. The maximum absolute atomic E-state index is 9.99. The molecule has 1 aromatic rings. The minimum atomic E-state index is -0.0464. The van der Waals surface area contributed by atoms with Gasteiger partial charge in [0.25, 0.3) is 0 Å². The Labute approximate surface area is 189 Å². The molecule has 0 fully saturated rings. The molecule has 0 aliphatic rings. The molecule has 1 heterocycles. The number of hydrogen-bond donors (Lipinski definition) is 1. The van der Waals surface area contributed by atoms with E-state index < -0.39 is 0 Å². The van der Waals surface area contributed by atoms with Crippen molar-refractivity contribution < 1.29 is 5.11 Å². The number of aliphatic hydroxyl groups excluding tert-OH is 1. The highest BCUT2D eigenvalue weighted by atomic mass is 35.5. The molecule has 0 aliphatic carbocycles. The Morgan fingerprint density at radius 1 is 1.38 bits per heavy atom. The first kappa shape index (κ1) is 25.4. The van der Waals surface area contributed by atoms with E-state index in [1.807, 2.05) is 38.2 Å². The van der Waals surface area contributed by atoms with Crippen molar-refractivity contribution in [1.29, 1.82) is 0 Å². The summed E-state index contributed by atoms with van der Waals surface area (Å²) in [6.07, 6.45) is 11.2. The number of nitrogens with zero attached hydrogens (tertiary/aromatic N) is 1. The van der Waals surface area contributed by atoms with Crippen LogP contribution >= 0.6 is 35.0 Å². The molecular weight excluding hydrogens is 421 g/mol. The van der Waals surface area contributed by atoms with E-state index in [9.17, 15) is 5.11 Å². The minimum absolute atomic E-state index is 0.0464. The lowest BCUT2D eigenvalue weighted by atomic mass is 10.1. The predicted molar refractivity (Wildman–Crippen MR) is 130 cm³/mol. The zero-order valence-electron chi connectivity index (χ0n) is 17.5. The van der Waals surface area contributed by atoms with Crippen molar-refractivity contribution in [3.05, 3.63) is 93.2 Å². The van der Waals surface area contributed by atoms with Crippen molar-refractivity contribution in [2.24, 2.45) is 0 Å². The van der Waals surface area contributed by atoms with Crippen LogP contribution < -0.4 is 0 Å². The zero-order chi connectivity index (χ0) is 22.0. The summed E-state index contributed by atoms with van der Waals surface area (Å²) in [5.74, 6) is 0.284. The Bertz CT molecular complexity index is 890. The Morgan fingerprint density at radius 2 is 2.07 bits per heavy atom. The molecule has 0 unspecified atom stereocenters. The Morgan fingerprint density at radius 3 is 2.55 bits per heavy atom. The monoisotopic (exact) mass is 449 g/mol. The van der Waals surface area contributed by atoms with Gasteiger partial charge in [-0.05, 0) is 49.1 Å². The van der Waals surface area contributed by atoms with E-state index in [1.165, 1.54) is 0 Å². The van der Waals surface area contributed by atoms with Gasteiger partial charge in [-0.3, -0.25) is 0 Å².